The predicted octanol–water partition coefficient (Wildman–Crippen LogP) is 3.20. The summed E-state index contributed by atoms with van der Waals surface area (Å²) in [5, 5.41) is 3.60. The lowest BCUT2D eigenvalue weighted by Gasteiger charge is -2.27. The Balaban J connectivity index is 2.22. The zero-order chi connectivity index (χ0) is 14.5. The average Bonchev–Trinajstić information content (AvgIpc) is 2.45. The number of nitrogens with one attached hydrogen (secondary N) is 1. The molecule has 1 heterocycles. The third kappa shape index (κ3) is 3.36. The van der Waals surface area contributed by atoms with Crippen molar-refractivity contribution in [2.24, 2.45) is 5.92 Å². The summed E-state index contributed by atoms with van der Waals surface area (Å²) in [4.78, 5) is 9.35. The highest BCUT2D eigenvalue weighted by Crippen LogP contribution is 2.30. The van der Waals surface area contributed by atoms with E-state index in [9.17, 15) is 0 Å². The van der Waals surface area contributed by atoms with Crippen LogP contribution in [-0.2, 0) is 11.2 Å². The molecule has 1 N–H and O–H groups in total. The lowest BCUT2D eigenvalue weighted by Crippen LogP contribution is -2.27. The number of hydrogen-bond donors (Lipinski definition) is 1. The molecule has 0 saturated carbocycles. The van der Waals surface area contributed by atoms with Gasteiger partial charge in [-0.15, -0.1) is 0 Å². The molecule has 0 saturated heterocycles. The lowest BCUT2D eigenvalue weighted by atomic mass is 9.92. The smallest absolute Gasteiger partial charge is 0.157 e. The topological polar surface area (TPSA) is 47.0 Å². The molecule has 4 heteroatoms. The molecule has 0 aromatic carbocycles. The lowest BCUT2D eigenvalue weighted by molar-refractivity contribution is 0.0571. The van der Waals surface area contributed by atoms with Crippen LogP contribution in [0.4, 0.5) is 0 Å². The van der Waals surface area contributed by atoms with Gasteiger partial charge in [-0.25, -0.2) is 9.97 Å². The summed E-state index contributed by atoms with van der Waals surface area (Å²) in [6.07, 6.45) is 6.61. The minimum atomic E-state index is -0.00993. The molecular formula is C16H27N3O. The molecule has 1 aliphatic rings. The fraction of sp³-hybridized carbons (Fsp3) is 0.750. The highest BCUT2D eigenvalue weighted by atomic mass is 16.5. The van der Waals surface area contributed by atoms with Gasteiger partial charge in [-0.3, -0.25) is 0 Å². The first-order chi connectivity index (χ1) is 9.67. The molecule has 2 rings (SSSR count). The van der Waals surface area contributed by atoms with Crippen LogP contribution in [0, 0.1) is 5.92 Å². The van der Waals surface area contributed by atoms with Gasteiger partial charge in [0.1, 0.15) is 6.10 Å². The molecule has 1 aliphatic carbocycles. The van der Waals surface area contributed by atoms with Crippen molar-refractivity contribution in [2.75, 3.05) is 13.7 Å². The quantitative estimate of drug-likeness (QED) is 0.867. The predicted molar refractivity (Wildman–Crippen MR) is 80.6 cm³/mol. The van der Waals surface area contributed by atoms with E-state index in [1.807, 2.05) is 6.20 Å². The molecule has 1 aromatic heterocycles. The highest BCUT2D eigenvalue weighted by molar-refractivity contribution is 5.25. The number of nitrogens with zero attached hydrogens (tertiary/aromatic N) is 2. The monoisotopic (exact) mass is 277 g/mol. The van der Waals surface area contributed by atoms with E-state index in [1.165, 1.54) is 24.1 Å². The van der Waals surface area contributed by atoms with Crippen LogP contribution < -0.4 is 5.32 Å². The van der Waals surface area contributed by atoms with Gasteiger partial charge in [0, 0.05) is 30.6 Å². The third-order valence-corrected chi connectivity index (χ3v) is 3.96. The molecule has 112 valence electrons. The van der Waals surface area contributed by atoms with Crippen LogP contribution in [0.1, 0.15) is 69.3 Å². The third-order valence-electron chi connectivity index (χ3n) is 3.96. The summed E-state index contributed by atoms with van der Waals surface area (Å²) in [7, 11) is 1.74. The molecule has 2 atom stereocenters. The van der Waals surface area contributed by atoms with Gasteiger partial charge < -0.3 is 10.1 Å². The van der Waals surface area contributed by atoms with E-state index in [0.717, 1.165) is 25.2 Å². The summed E-state index contributed by atoms with van der Waals surface area (Å²) in [5.41, 5.74) is 2.49. The molecule has 0 amide bonds. The minimum absolute atomic E-state index is 0.00993. The summed E-state index contributed by atoms with van der Waals surface area (Å²) in [6, 6.07) is 0.424. The van der Waals surface area contributed by atoms with Crippen LogP contribution in [0.3, 0.4) is 0 Å². The normalized spacial score (nSPS) is 19.9. The standard InChI is InChI=1S/C16H27N3O/c1-5-9-17-13-7-6-8-14-12(13)10-18-16(19-14)15(20-4)11(2)3/h10-11,13,15,17H,5-9H2,1-4H3. The maximum absolute atomic E-state index is 5.54. The van der Waals surface area contributed by atoms with E-state index in [1.54, 1.807) is 7.11 Å². The molecule has 2 unspecified atom stereocenters. The largest absolute Gasteiger partial charge is 0.373 e. The minimum Gasteiger partial charge on any atom is -0.373 e. The number of rotatable bonds is 6. The molecular weight excluding hydrogens is 250 g/mol. The van der Waals surface area contributed by atoms with E-state index >= 15 is 0 Å². The number of ether oxygens (including phenoxy) is 1. The molecule has 0 bridgehead atoms. The Kier molecular flexibility index (Phi) is 5.49. The van der Waals surface area contributed by atoms with E-state index in [4.69, 9.17) is 9.72 Å². The van der Waals surface area contributed by atoms with Crippen LogP contribution in [-0.4, -0.2) is 23.6 Å². The zero-order valence-electron chi connectivity index (χ0n) is 13.1. The number of hydrogen-bond acceptors (Lipinski definition) is 4. The second-order valence-corrected chi connectivity index (χ2v) is 5.93. The average molecular weight is 277 g/mol. The second kappa shape index (κ2) is 7.14. The fourth-order valence-electron chi connectivity index (χ4n) is 2.91. The summed E-state index contributed by atoms with van der Waals surface area (Å²) in [6.45, 7) is 7.53. The number of fused-ring (bicyclic) bond motifs is 1. The van der Waals surface area contributed by atoms with Crippen molar-refractivity contribution < 1.29 is 4.74 Å². The van der Waals surface area contributed by atoms with E-state index in [-0.39, 0.29) is 6.10 Å². The van der Waals surface area contributed by atoms with Crippen LogP contribution in [0.5, 0.6) is 0 Å². The van der Waals surface area contributed by atoms with E-state index < -0.39 is 0 Å². The summed E-state index contributed by atoms with van der Waals surface area (Å²) in [5.74, 6) is 1.22. The van der Waals surface area contributed by atoms with Crippen molar-refractivity contribution in [1.82, 2.24) is 15.3 Å². The summed E-state index contributed by atoms with van der Waals surface area (Å²) < 4.78 is 5.54. The van der Waals surface area contributed by atoms with Gasteiger partial charge in [0.2, 0.25) is 0 Å². The first-order valence-electron chi connectivity index (χ1n) is 7.79. The Hall–Kier alpha value is -1.00. The van der Waals surface area contributed by atoms with Crippen LogP contribution in [0.25, 0.3) is 0 Å². The van der Waals surface area contributed by atoms with Gasteiger partial charge >= 0.3 is 0 Å². The Bertz CT molecular complexity index is 434. The molecule has 0 spiro atoms. The van der Waals surface area contributed by atoms with Gasteiger partial charge in [0.05, 0.1) is 0 Å². The first kappa shape index (κ1) is 15.4. The Morgan fingerprint density at radius 1 is 1.45 bits per heavy atom. The maximum atomic E-state index is 5.54. The number of methoxy groups -OCH3 is 1. The molecule has 0 aliphatic heterocycles. The van der Waals surface area contributed by atoms with Crippen molar-refractivity contribution in [3.05, 3.63) is 23.3 Å². The molecule has 1 aromatic rings. The van der Waals surface area contributed by atoms with Crippen molar-refractivity contribution in [3.8, 4) is 0 Å². The molecule has 0 fully saturated rings. The van der Waals surface area contributed by atoms with Crippen LogP contribution >= 0.6 is 0 Å². The number of aromatic nitrogens is 2. The van der Waals surface area contributed by atoms with Gasteiger partial charge in [-0.2, -0.15) is 0 Å². The molecule has 0 radical (unpaired) electrons. The van der Waals surface area contributed by atoms with Crippen LogP contribution in [0.2, 0.25) is 0 Å². The van der Waals surface area contributed by atoms with Crippen molar-refractivity contribution in [1.29, 1.82) is 0 Å². The Labute approximate surface area is 122 Å². The SMILES string of the molecule is CCCNC1CCCc2nc(C(OC)C(C)C)ncc21. The van der Waals surface area contributed by atoms with E-state index in [0.29, 0.717) is 12.0 Å². The van der Waals surface area contributed by atoms with E-state index in [2.05, 4.69) is 31.1 Å². The zero-order valence-corrected chi connectivity index (χ0v) is 13.1. The van der Waals surface area contributed by atoms with Crippen molar-refractivity contribution in [3.63, 3.8) is 0 Å². The van der Waals surface area contributed by atoms with Crippen LogP contribution in [0.15, 0.2) is 6.20 Å². The molecule has 4 nitrogen and oxygen atoms in total. The Morgan fingerprint density at radius 3 is 2.90 bits per heavy atom. The van der Waals surface area contributed by atoms with Gasteiger partial charge in [-0.1, -0.05) is 20.8 Å². The summed E-state index contributed by atoms with van der Waals surface area (Å²) >= 11 is 0. The fourth-order valence-corrected chi connectivity index (χ4v) is 2.91. The first-order valence-corrected chi connectivity index (χ1v) is 7.79. The highest BCUT2D eigenvalue weighted by Gasteiger charge is 2.24. The maximum Gasteiger partial charge on any atom is 0.157 e. The van der Waals surface area contributed by atoms with Crippen molar-refractivity contribution in [2.45, 2.75) is 58.6 Å². The Morgan fingerprint density at radius 2 is 2.25 bits per heavy atom. The number of aryl methyl sites for hydroxylation is 1. The van der Waals surface area contributed by atoms with Crippen molar-refractivity contribution >= 4 is 0 Å². The van der Waals surface area contributed by atoms with Gasteiger partial charge in [0.15, 0.2) is 5.82 Å². The van der Waals surface area contributed by atoms with Gasteiger partial charge in [-0.05, 0) is 38.1 Å². The second-order valence-electron chi connectivity index (χ2n) is 5.93. The molecule has 20 heavy (non-hydrogen) atoms. The van der Waals surface area contributed by atoms with Gasteiger partial charge in [0.25, 0.3) is 0 Å².